The first-order valence-electron chi connectivity index (χ1n) is 5.83. The number of aliphatic hydroxyl groups is 3. The van der Waals surface area contributed by atoms with E-state index in [1.807, 2.05) is 4.72 Å². The molecule has 0 aliphatic heterocycles. The number of aryl methyl sites for hydroxylation is 1. The van der Waals surface area contributed by atoms with Gasteiger partial charge in [0, 0.05) is 6.07 Å². The predicted octanol–water partition coefficient (Wildman–Crippen LogP) is -1.10. The van der Waals surface area contributed by atoms with Gasteiger partial charge in [0.15, 0.2) is 4.90 Å². The zero-order valence-corrected chi connectivity index (χ0v) is 12.0. The summed E-state index contributed by atoms with van der Waals surface area (Å²) in [6, 6.07) is 3.74. The summed E-state index contributed by atoms with van der Waals surface area (Å²) in [7, 11) is -4.43. The van der Waals surface area contributed by atoms with E-state index in [1.54, 1.807) is 0 Å². The Balaban J connectivity index is 3.42. The molecule has 0 bridgehead atoms. The summed E-state index contributed by atoms with van der Waals surface area (Å²) < 4.78 is 26.6. The minimum atomic E-state index is -4.43. The lowest BCUT2D eigenvalue weighted by Gasteiger charge is -2.28. The first-order valence-corrected chi connectivity index (χ1v) is 7.32. The molecule has 0 unspecified atom stereocenters. The third-order valence-corrected chi connectivity index (χ3v) is 4.69. The molecular weight excluding hydrogens is 304 g/mol. The molecule has 0 saturated heterocycles. The molecule has 10 heteroatoms. The van der Waals surface area contributed by atoms with Gasteiger partial charge in [0.25, 0.3) is 5.69 Å². The summed E-state index contributed by atoms with van der Waals surface area (Å²) in [5.74, 6) is 0. The van der Waals surface area contributed by atoms with Gasteiger partial charge in [-0.1, -0.05) is 12.1 Å². The molecule has 0 amide bonds. The Bertz CT molecular complexity index is 617. The number of nitrogens with one attached hydrogen (secondary N) is 1. The Morgan fingerprint density at radius 3 is 2.19 bits per heavy atom. The van der Waals surface area contributed by atoms with Crippen molar-refractivity contribution in [2.75, 3.05) is 19.8 Å². The van der Waals surface area contributed by atoms with E-state index in [-0.39, 0.29) is 5.56 Å². The Kier molecular flexibility index (Phi) is 5.36. The minimum Gasteiger partial charge on any atom is -0.394 e. The van der Waals surface area contributed by atoms with Gasteiger partial charge in [-0.15, -0.1) is 0 Å². The van der Waals surface area contributed by atoms with Gasteiger partial charge < -0.3 is 15.3 Å². The number of nitro groups is 1. The number of hydrogen-bond donors (Lipinski definition) is 4. The van der Waals surface area contributed by atoms with E-state index < -0.39 is 50.9 Å². The average molecular weight is 320 g/mol. The zero-order chi connectivity index (χ0) is 16.3. The molecule has 0 aromatic heterocycles. The van der Waals surface area contributed by atoms with E-state index in [2.05, 4.69) is 0 Å². The quantitative estimate of drug-likeness (QED) is 0.368. The number of sulfonamides is 1. The Hall–Kier alpha value is -1.59. The van der Waals surface area contributed by atoms with Crippen molar-refractivity contribution in [3.05, 3.63) is 33.9 Å². The van der Waals surface area contributed by atoms with Gasteiger partial charge in [0.2, 0.25) is 10.0 Å². The molecule has 0 heterocycles. The second kappa shape index (κ2) is 6.45. The first kappa shape index (κ1) is 17.5. The minimum absolute atomic E-state index is 0.124. The largest absolute Gasteiger partial charge is 0.394 e. The molecule has 0 aliphatic carbocycles. The number of hydrogen-bond acceptors (Lipinski definition) is 7. The molecule has 9 nitrogen and oxygen atoms in total. The van der Waals surface area contributed by atoms with E-state index in [0.29, 0.717) is 0 Å². The normalized spacial score (nSPS) is 12.4. The highest BCUT2D eigenvalue weighted by molar-refractivity contribution is 7.89. The lowest BCUT2D eigenvalue weighted by atomic mass is 10.1. The molecule has 1 aromatic carbocycles. The van der Waals surface area contributed by atoms with Crippen molar-refractivity contribution in [3.63, 3.8) is 0 Å². The average Bonchev–Trinajstić information content (AvgIpc) is 2.44. The second-order valence-corrected chi connectivity index (χ2v) is 6.16. The molecule has 0 atom stereocenters. The number of nitrogens with zero attached hydrogens (tertiary/aromatic N) is 1. The van der Waals surface area contributed by atoms with Crippen LogP contribution in [-0.4, -0.2) is 54.0 Å². The van der Waals surface area contributed by atoms with Gasteiger partial charge in [-0.2, -0.15) is 4.72 Å². The maximum atomic E-state index is 12.3. The van der Waals surface area contributed by atoms with E-state index in [9.17, 15) is 18.5 Å². The standard InChI is InChI=1S/C11H16N2O7S/c1-8-3-2-4-9(13(17)18)10(8)21(19,20)12-11(5-14,6-15)7-16/h2-4,12,14-16H,5-7H2,1H3. The van der Waals surface area contributed by atoms with Crippen LogP contribution in [0.15, 0.2) is 23.1 Å². The smallest absolute Gasteiger partial charge is 0.289 e. The van der Waals surface area contributed by atoms with Crippen LogP contribution in [0, 0.1) is 17.0 Å². The lowest BCUT2D eigenvalue weighted by molar-refractivity contribution is -0.387. The van der Waals surface area contributed by atoms with E-state index in [4.69, 9.17) is 15.3 Å². The maximum Gasteiger partial charge on any atom is 0.289 e. The fraction of sp³-hybridized carbons (Fsp3) is 0.455. The summed E-state index contributed by atoms with van der Waals surface area (Å²) in [5.41, 5.74) is -2.42. The van der Waals surface area contributed by atoms with Crippen LogP contribution < -0.4 is 4.72 Å². The Morgan fingerprint density at radius 2 is 1.76 bits per heavy atom. The van der Waals surface area contributed by atoms with Crippen molar-refractivity contribution in [2.24, 2.45) is 0 Å². The van der Waals surface area contributed by atoms with Crippen LogP contribution in [0.4, 0.5) is 5.69 Å². The van der Waals surface area contributed by atoms with Crippen LogP contribution in [0.2, 0.25) is 0 Å². The molecule has 0 fully saturated rings. The summed E-state index contributed by atoms with van der Waals surface area (Å²) in [4.78, 5) is 9.54. The molecule has 21 heavy (non-hydrogen) atoms. The fourth-order valence-corrected chi connectivity index (χ4v) is 3.49. The lowest BCUT2D eigenvalue weighted by Crippen LogP contribution is -2.56. The van der Waals surface area contributed by atoms with Gasteiger partial charge in [0.1, 0.15) is 5.54 Å². The van der Waals surface area contributed by atoms with Crippen LogP contribution >= 0.6 is 0 Å². The second-order valence-electron chi connectivity index (χ2n) is 4.54. The van der Waals surface area contributed by atoms with Crippen LogP contribution in [0.3, 0.4) is 0 Å². The van der Waals surface area contributed by atoms with Crippen molar-refractivity contribution in [1.82, 2.24) is 4.72 Å². The molecular formula is C11H16N2O7S. The van der Waals surface area contributed by atoms with Crippen molar-refractivity contribution in [1.29, 1.82) is 0 Å². The Morgan fingerprint density at radius 1 is 1.24 bits per heavy atom. The topological polar surface area (TPSA) is 150 Å². The number of aliphatic hydroxyl groups excluding tert-OH is 3. The van der Waals surface area contributed by atoms with Gasteiger partial charge in [-0.05, 0) is 12.5 Å². The van der Waals surface area contributed by atoms with Crippen LogP contribution in [0.5, 0.6) is 0 Å². The zero-order valence-electron chi connectivity index (χ0n) is 11.2. The van der Waals surface area contributed by atoms with Crippen LogP contribution in [-0.2, 0) is 10.0 Å². The van der Waals surface area contributed by atoms with Crippen molar-refractivity contribution >= 4 is 15.7 Å². The highest BCUT2D eigenvalue weighted by Crippen LogP contribution is 2.27. The Labute approximate surface area is 121 Å². The number of rotatable bonds is 7. The van der Waals surface area contributed by atoms with E-state index >= 15 is 0 Å². The van der Waals surface area contributed by atoms with Gasteiger partial charge in [0.05, 0.1) is 24.7 Å². The van der Waals surface area contributed by atoms with Crippen LogP contribution in [0.1, 0.15) is 5.56 Å². The fourth-order valence-electron chi connectivity index (χ4n) is 1.71. The van der Waals surface area contributed by atoms with Gasteiger partial charge in [-0.3, -0.25) is 10.1 Å². The van der Waals surface area contributed by atoms with Crippen molar-refractivity contribution in [2.45, 2.75) is 17.4 Å². The molecule has 118 valence electrons. The molecule has 4 N–H and O–H groups in total. The molecule has 1 rings (SSSR count). The predicted molar refractivity (Wildman–Crippen MR) is 72.1 cm³/mol. The summed E-state index contributed by atoms with van der Waals surface area (Å²) >= 11 is 0. The molecule has 1 aromatic rings. The highest BCUT2D eigenvalue weighted by atomic mass is 32.2. The maximum absolute atomic E-state index is 12.3. The molecule has 0 aliphatic rings. The highest BCUT2D eigenvalue weighted by Gasteiger charge is 2.37. The van der Waals surface area contributed by atoms with E-state index in [1.165, 1.54) is 19.1 Å². The van der Waals surface area contributed by atoms with Crippen molar-refractivity contribution in [3.8, 4) is 0 Å². The molecule has 0 spiro atoms. The first-order chi connectivity index (χ1) is 9.73. The third-order valence-electron chi connectivity index (χ3n) is 2.92. The molecule has 0 radical (unpaired) electrons. The summed E-state index contributed by atoms with van der Waals surface area (Å²) in [6.45, 7) is -1.25. The van der Waals surface area contributed by atoms with Gasteiger partial charge in [-0.25, -0.2) is 8.42 Å². The molecule has 0 saturated carbocycles. The number of benzene rings is 1. The number of nitro benzene ring substituents is 1. The van der Waals surface area contributed by atoms with Crippen LogP contribution in [0.25, 0.3) is 0 Å². The van der Waals surface area contributed by atoms with Gasteiger partial charge >= 0.3 is 0 Å². The van der Waals surface area contributed by atoms with E-state index in [0.717, 1.165) is 6.07 Å². The monoisotopic (exact) mass is 320 g/mol. The SMILES string of the molecule is Cc1cccc([N+](=O)[O-])c1S(=O)(=O)NC(CO)(CO)CO. The summed E-state index contributed by atoms with van der Waals surface area (Å²) in [5, 5.41) is 38.4. The van der Waals surface area contributed by atoms with Crippen molar-refractivity contribution < 1.29 is 28.7 Å². The third kappa shape index (κ3) is 3.54. The summed E-state index contributed by atoms with van der Waals surface area (Å²) in [6.07, 6.45) is 0.